The summed E-state index contributed by atoms with van der Waals surface area (Å²) in [7, 11) is 0. The van der Waals surface area contributed by atoms with Crippen LogP contribution in [0.3, 0.4) is 0 Å². The number of carbonyl (C=O) groups is 1. The second-order valence-electron chi connectivity index (χ2n) is 4.66. The normalized spacial score (nSPS) is 15.4. The summed E-state index contributed by atoms with van der Waals surface area (Å²) >= 11 is 7.77. The maximum absolute atomic E-state index is 12.1. The maximum atomic E-state index is 12.1. The first-order valence-electron chi connectivity index (χ1n) is 6.35. The number of hydrazone groups is 1. The molecule has 0 fully saturated rings. The van der Waals surface area contributed by atoms with Crippen molar-refractivity contribution < 1.29 is 4.79 Å². The second-order valence-corrected chi connectivity index (χ2v) is 6.02. The zero-order valence-electron chi connectivity index (χ0n) is 11.0. The number of halogens is 1. The van der Waals surface area contributed by atoms with Crippen molar-refractivity contribution in [2.45, 2.75) is 19.8 Å². The van der Waals surface area contributed by atoms with E-state index >= 15 is 0 Å². The fraction of sp³-hybridized carbons (Fsp3) is 0.200. The van der Waals surface area contributed by atoms with Crippen molar-refractivity contribution in [2.24, 2.45) is 5.10 Å². The highest BCUT2D eigenvalue weighted by atomic mass is 35.5. The predicted octanol–water partition coefficient (Wildman–Crippen LogP) is 4.24. The Morgan fingerprint density at radius 2 is 2.15 bits per heavy atom. The maximum Gasteiger partial charge on any atom is 0.247 e. The molecule has 2 aromatic rings. The van der Waals surface area contributed by atoms with Gasteiger partial charge in [0, 0.05) is 17.9 Å². The van der Waals surface area contributed by atoms with Gasteiger partial charge in [0.1, 0.15) is 0 Å². The van der Waals surface area contributed by atoms with Crippen LogP contribution in [-0.4, -0.2) is 11.6 Å². The Morgan fingerprint density at radius 1 is 1.30 bits per heavy atom. The minimum absolute atomic E-state index is 0.00484. The second kappa shape index (κ2) is 5.38. The number of hydrogen-bond acceptors (Lipinski definition) is 3. The molecule has 3 rings (SSSR count). The summed E-state index contributed by atoms with van der Waals surface area (Å²) in [5.41, 5.74) is 2.66. The van der Waals surface area contributed by atoms with Crippen LogP contribution in [0.5, 0.6) is 0 Å². The lowest BCUT2D eigenvalue weighted by Gasteiger charge is -2.23. The van der Waals surface area contributed by atoms with Crippen molar-refractivity contribution in [1.29, 1.82) is 0 Å². The van der Waals surface area contributed by atoms with E-state index in [2.05, 4.69) is 5.10 Å². The van der Waals surface area contributed by atoms with Gasteiger partial charge in [-0.1, -0.05) is 23.7 Å². The Labute approximate surface area is 126 Å². The van der Waals surface area contributed by atoms with E-state index in [9.17, 15) is 4.79 Å². The zero-order chi connectivity index (χ0) is 14.1. The van der Waals surface area contributed by atoms with Gasteiger partial charge in [-0.2, -0.15) is 5.10 Å². The molecule has 1 aromatic carbocycles. The molecule has 0 aliphatic carbocycles. The van der Waals surface area contributed by atoms with Crippen LogP contribution in [0.4, 0.5) is 5.69 Å². The predicted molar refractivity (Wildman–Crippen MR) is 83.8 cm³/mol. The third kappa shape index (κ3) is 2.49. The molecule has 102 valence electrons. The monoisotopic (exact) mass is 304 g/mol. The summed E-state index contributed by atoms with van der Waals surface area (Å²) in [4.78, 5) is 13.2. The summed E-state index contributed by atoms with van der Waals surface area (Å²) in [5.74, 6) is 0.00484. The Hall–Kier alpha value is -1.65. The molecule has 0 spiro atoms. The van der Waals surface area contributed by atoms with Crippen molar-refractivity contribution in [1.82, 2.24) is 0 Å². The van der Waals surface area contributed by atoms with Crippen LogP contribution in [0.15, 0.2) is 40.8 Å². The van der Waals surface area contributed by atoms with Gasteiger partial charge in [0.15, 0.2) is 0 Å². The average molecular weight is 305 g/mol. The largest absolute Gasteiger partial charge is 0.273 e. The Balaban J connectivity index is 1.99. The molecule has 2 heterocycles. The first-order valence-corrected chi connectivity index (χ1v) is 7.61. The standard InChI is InChI=1S/C15H13ClN2OS/c1-10-4-5-11(9-12(10)16)18-15(19)7-6-13(17-18)14-3-2-8-20-14/h2-5,8-9H,6-7H2,1H3. The van der Waals surface area contributed by atoms with Crippen molar-refractivity contribution in [2.75, 3.05) is 5.01 Å². The Bertz CT molecular complexity index is 679. The highest BCUT2D eigenvalue weighted by molar-refractivity contribution is 7.12. The quantitative estimate of drug-likeness (QED) is 0.816. The van der Waals surface area contributed by atoms with E-state index in [0.29, 0.717) is 17.9 Å². The number of rotatable bonds is 2. The van der Waals surface area contributed by atoms with Crippen LogP contribution in [-0.2, 0) is 4.79 Å². The molecule has 0 bridgehead atoms. The van der Waals surface area contributed by atoms with Gasteiger partial charge in [-0.3, -0.25) is 4.79 Å². The highest BCUT2D eigenvalue weighted by Crippen LogP contribution is 2.27. The van der Waals surface area contributed by atoms with Gasteiger partial charge in [0.25, 0.3) is 0 Å². The topological polar surface area (TPSA) is 32.7 Å². The minimum Gasteiger partial charge on any atom is -0.273 e. The van der Waals surface area contributed by atoms with Crippen molar-refractivity contribution >= 4 is 40.2 Å². The van der Waals surface area contributed by atoms with Crippen LogP contribution in [0.1, 0.15) is 23.3 Å². The molecule has 0 unspecified atom stereocenters. The van der Waals surface area contributed by atoms with Gasteiger partial charge >= 0.3 is 0 Å². The Morgan fingerprint density at radius 3 is 2.85 bits per heavy atom. The average Bonchev–Trinajstić information content (AvgIpc) is 2.97. The smallest absolute Gasteiger partial charge is 0.247 e. The lowest BCUT2D eigenvalue weighted by molar-refractivity contribution is -0.118. The summed E-state index contributed by atoms with van der Waals surface area (Å²) in [6, 6.07) is 9.58. The first kappa shape index (κ1) is 13.3. The molecule has 0 radical (unpaired) electrons. The minimum atomic E-state index is 0.00484. The third-order valence-electron chi connectivity index (χ3n) is 3.24. The SMILES string of the molecule is Cc1ccc(N2N=C(c3cccs3)CCC2=O)cc1Cl. The lowest BCUT2D eigenvalue weighted by atomic mass is 10.1. The van der Waals surface area contributed by atoms with Crippen LogP contribution < -0.4 is 5.01 Å². The van der Waals surface area contributed by atoms with E-state index in [4.69, 9.17) is 11.6 Å². The molecule has 0 saturated carbocycles. The van der Waals surface area contributed by atoms with E-state index in [0.717, 1.165) is 21.8 Å². The van der Waals surface area contributed by atoms with Crippen LogP contribution >= 0.6 is 22.9 Å². The molecular weight excluding hydrogens is 292 g/mol. The summed E-state index contributed by atoms with van der Waals surface area (Å²) in [6.45, 7) is 1.94. The number of amides is 1. The molecule has 0 saturated heterocycles. The van der Waals surface area contributed by atoms with Gasteiger partial charge in [0.2, 0.25) is 5.91 Å². The van der Waals surface area contributed by atoms with Crippen molar-refractivity contribution in [3.05, 3.63) is 51.2 Å². The number of aryl methyl sites for hydroxylation is 1. The van der Waals surface area contributed by atoms with Gasteiger partial charge in [-0.05, 0) is 36.1 Å². The summed E-state index contributed by atoms with van der Waals surface area (Å²) in [6.07, 6.45) is 1.16. The highest BCUT2D eigenvalue weighted by Gasteiger charge is 2.23. The van der Waals surface area contributed by atoms with Crippen LogP contribution in [0.25, 0.3) is 0 Å². The lowest BCUT2D eigenvalue weighted by Crippen LogP contribution is -2.31. The van der Waals surface area contributed by atoms with E-state index < -0.39 is 0 Å². The van der Waals surface area contributed by atoms with Gasteiger partial charge in [-0.25, -0.2) is 5.01 Å². The van der Waals surface area contributed by atoms with Crippen LogP contribution in [0.2, 0.25) is 5.02 Å². The van der Waals surface area contributed by atoms with E-state index in [1.165, 1.54) is 5.01 Å². The van der Waals surface area contributed by atoms with Crippen molar-refractivity contribution in [3.8, 4) is 0 Å². The molecule has 1 amide bonds. The number of nitrogens with zero attached hydrogens (tertiary/aromatic N) is 2. The fourth-order valence-corrected chi connectivity index (χ4v) is 3.00. The van der Waals surface area contributed by atoms with Gasteiger partial charge in [-0.15, -0.1) is 11.3 Å². The number of anilines is 1. The molecule has 5 heteroatoms. The Kier molecular flexibility index (Phi) is 3.59. The number of thiophene rings is 1. The van der Waals surface area contributed by atoms with Gasteiger partial charge < -0.3 is 0 Å². The molecule has 1 aliphatic heterocycles. The zero-order valence-corrected chi connectivity index (χ0v) is 12.5. The molecule has 0 atom stereocenters. The summed E-state index contributed by atoms with van der Waals surface area (Å²) in [5, 5.41) is 8.62. The van der Waals surface area contributed by atoms with E-state index in [-0.39, 0.29) is 5.91 Å². The molecule has 1 aliphatic rings. The summed E-state index contributed by atoms with van der Waals surface area (Å²) < 4.78 is 0. The van der Waals surface area contributed by atoms with E-state index in [1.807, 2.05) is 36.6 Å². The van der Waals surface area contributed by atoms with Crippen LogP contribution in [0, 0.1) is 6.92 Å². The first-order chi connectivity index (χ1) is 9.65. The number of hydrogen-bond donors (Lipinski definition) is 0. The molecule has 0 N–H and O–H groups in total. The van der Waals surface area contributed by atoms with Crippen molar-refractivity contribution in [3.63, 3.8) is 0 Å². The fourth-order valence-electron chi connectivity index (χ4n) is 2.09. The third-order valence-corrected chi connectivity index (χ3v) is 4.56. The molecule has 1 aromatic heterocycles. The molecule has 3 nitrogen and oxygen atoms in total. The van der Waals surface area contributed by atoms with Gasteiger partial charge in [0.05, 0.1) is 16.3 Å². The molecular formula is C15H13ClN2OS. The number of carbonyl (C=O) groups excluding carboxylic acids is 1. The van der Waals surface area contributed by atoms with E-state index in [1.54, 1.807) is 17.4 Å². The number of benzene rings is 1. The molecule has 20 heavy (non-hydrogen) atoms.